The molecule has 9 heteroatoms. The van der Waals surface area contributed by atoms with Crippen LogP contribution < -0.4 is 15.5 Å². The Bertz CT molecular complexity index is 1370. The van der Waals surface area contributed by atoms with E-state index in [1.165, 1.54) is 0 Å². The maximum atomic E-state index is 12.8. The number of rotatable bonds is 8. The number of imidazole rings is 1. The zero-order valence-corrected chi connectivity index (χ0v) is 20.9. The van der Waals surface area contributed by atoms with Gasteiger partial charge in [0.25, 0.3) is 5.91 Å². The number of benzene rings is 3. The normalized spacial score (nSPS) is 12.2. The number of H-pyrrole nitrogens is 1. The van der Waals surface area contributed by atoms with E-state index in [4.69, 9.17) is 21.5 Å². The molecule has 0 aliphatic rings. The maximum absolute atomic E-state index is 12.8. The van der Waals surface area contributed by atoms with Gasteiger partial charge in [0.2, 0.25) is 5.91 Å². The lowest BCUT2D eigenvalue weighted by Crippen LogP contribution is -2.39. The van der Waals surface area contributed by atoms with Crippen molar-refractivity contribution in [1.82, 2.24) is 15.4 Å². The number of hydrogen-bond acceptors (Lipinski definition) is 5. The van der Waals surface area contributed by atoms with Crippen molar-refractivity contribution in [2.24, 2.45) is 11.3 Å². The van der Waals surface area contributed by atoms with E-state index in [9.17, 15) is 9.59 Å². The van der Waals surface area contributed by atoms with Crippen molar-refractivity contribution < 1.29 is 19.5 Å². The van der Waals surface area contributed by atoms with Crippen LogP contribution in [0, 0.1) is 11.3 Å². The van der Waals surface area contributed by atoms with Gasteiger partial charge in [-0.25, -0.2) is 10.5 Å². The second-order valence-electron chi connectivity index (χ2n) is 9.25. The monoisotopic (exact) mass is 506 g/mol. The number of fused-ring (bicyclic) bond motifs is 1. The highest BCUT2D eigenvalue weighted by Crippen LogP contribution is 2.31. The third kappa shape index (κ3) is 5.50. The van der Waals surface area contributed by atoms with Gasteiger partial charge in [0, 0.05) is 28.1 Å². The van der Waals surface area contributed by atoms with Crippen LogP contribution in [0.1, 0.15) is 31.1 Å². The molecule has 4 aromatic rings. The van der Waals surface area contributed by atoms with Crippen LogP contribution in [0.3, 0.4) is 0 Å². The number of hydrogen-bond donors (Lipinski definition) is 4. The smallest absolute Gasteiger partial charge is 0.255 e. The Balaban J connectivity index is 1.43. The highest BCUT2D eigenvalue weighted by molar-refractivity contribution is 6.33. The van der Waals surface area contributed by atoms with Crippen LogP contribution in [0.2, 0.25) is 5.02 Å². The van der Waals surface area contributed by atoms with E-state index in [2.05, 4.69) is 15.3 Å². The lowest BCUT2D eigenvalue weighted by molar-refractivity contribution is -0.137. The van der Waals surface area contributed by atoms with Crippen molar-refractivity contribution >= 4 is 40.1 Å². The molecule has 1 aromatic heterocycles. The van der Waals surface area contributed by atoms with Gasteiger partial charge in [-0.05, 0) is 54.6 Å². The van der Waals surface area contributed by atoms with E-state index < -0.39 is 17.2 Å². The summed E-state index contributed by atoms with van der Waals surface area (Å²) in [6, 6.07) is 19.6. The van der Waals surface area contributed by atoms with Crippen LogP contribution >= 0.6 is 11.6 Å². The number of nitrogens with one attached hydrogen (secondary N) is 3. The Labute approximate surface area is 213 Å². The summed E-state index contributed by atoms with van der Waals surface area (Å²) < 4.78 is 5.82. The van der Waals surface area contributed by atoms with Crippen molar-refractivity contribution in [1.29, 1.82) is 0 Å². The summed E-state index contributed by atoms with van der Waals surface area (Å²) in [5.41, 5.74) is 4.60. The van der Waals surface area contributed by atoms with E-state index in [1.807, 2.05) is 38.1 Å². The van der Waals surface area contributed by atoms with Gasteiger partial charge in [-0.15, -0.1) is 0 Å². The van der Waals surface area contributed by atoms with Crippen LogP contribution in [-0.2, 0) is 4.79 Å². The van der Waals surface area contributed by atoms with Crippen molar-refractivity contribution in [3.8, 4) is 17.1 Å². The molecule has 4 N–H and O–H groups in total. The topological polar surface area (TPSA) is 116 Å². The lowest BCUT2D eigenvalue weighted by atomic mass is 9.80. The molecule has 0 spiro atoms. The van der Waals surface area contributed by atoms with Crippen molar-refractivity contribution in [3.05, 3.63) is 77.3 Å². The first-order valence-electron chi connectivity index (χ1n) is 11.4. The number of hydroxylamine groups is 1. The first-order valence-corrected chi connectivity index (χ1v) is 11.8. The number of carbonyl (C=O) groups is 2. The third-order valence-corrected chi connectivity index (χ3v) is 6.60. The van der Waals surface area contributed by atoms with Gasteiger partial charge in [-0.2, -0.15) is 0 Å². The number of nitrogens with zero attached hydrogens (tertiary/aromatic N) is 1. The summed E-state index contributed by atoms with van der Waals surface area (Å²) in [5.74, 6) is -0.0342. The fourth-order valence-corrected chi connectivity index (χ4v) is 3.82. The second kappa shape index (κ2) is 10.4. The summed E-state index contributed by atoms with van der Waals surface area (Å²) in [6.45, 7) is 5.72. The highest BCUT2D eigenvalue weighted by atomic mass is 35.5. The molecule has 186 valence electrons. The Morgan fingerprint density at radius 1 is 1.11 bits per heavy atom. The fraction of sp³-hybridized carbons (Fsp3) is 0.222. The summed E-state index contributed by atoms with van der Waals surface area (Å²) in [4.78, 5) is 32.4. The Morgan fingerprint density at radius 3 is 2.53 bits per heavy atom. The second-order valence-corrected chi connectivity index (χ2v) is 9.66. The molecule has 1 unspecified atom stereocenters. The van der Waals surface area contributed by atoms with Crippen LogP contribution in [0.4, 0.5) is 5.69 Å². The standard InChI is InChI=1S/C27H27ClN4O4/c1-16(25(33)32-35)27(2,3)15-36-19-11-8-17(9-12-19)26(34)29-18-10-13-21(28)20(14-18)24-30-22-6-4-5-7-23(22)31-24/h4-14,16,35H,15H2,1-3H3,(H,29,34)(H,30,31)(H,32,33). The maximum Gasteiger partial charge on any atom is 0.255 e. The molecule has 4 rings (SSSR count). The van der Waals surface area contributed by atoms with Gasteiger partial charge in [-0.1, -0.05) is 44.5 Å². The molecule has 1 heterocycles. The zero-order chi connectivity index (χ0) is 25.9. The Morgan fingerprint density at radius 2 is 1.83 bits per heavy atom. The molecule has 8 nitrogen and oxygen atoms in total. The molecule has 0 aliphatic carbocycles. The molecule has 36 heavy (non-hydrogen) atoms. The largest absolute Gasteiger partial charge is 0.493 e. The molecule has 2 amide bonds. The van der Waals surface area contributed by atoms with E-state index in [0.29, 0.717) is 33.4 Å². The Hall–Kier alpha value is -3.88. The summed E-state index contributed by atoms with van der Waals surface area (Å²) in [7, 11) is 0. The molecule has 0 saturated carbocycles. The van der Waals surface area contributed by atoms with E-state index >= 15 is 0 Å². The minimum Gasteiger partial charge on any atom is -0.493 e. The summed E-state index contributed by atoms with van der Waals surface area (Å²) in [6.07, 6.45) is 0. The first-order chi connectivity index (χ1) is 17.2. The number of ether oxygens (including phenoxy) is 1. The molecule has 0 fully saturated rings. The number of para-hydroxylation sites is 2. The number of aromatic amines is 1. The van der Waals surface area contributed by atoms with E-state index in [0.717, 1.165) is 11.0 Å². The number of amides is 2. The molecule has 3 aromatic carbocycles. The quantitative estimate of drug-likeness (QED) is 0.181. The minimum atomic E-state index is -0.519. The van der Waals surface area contributed by atoms with Crippen molar-refractivity contribution in [3.63, 3.8) is 0 Å². The molecule has 0 saturated heterocycles. The average molecular weight is 507 g/mol. The third-order valence-electron chi connectivity index (χ3n) is 6.27. The highest BCUT2D eigenvalue weighted by Gasteiger charge is 2.32. The minimum absolute atomic E-state index is 0.252. The number of carbonyl (C=O) groups excluding carboxylic acids is 2. The molecule has 0 bridgehead atoms. The average Bonchev–Trinajstić information content (AvgIpc) is 3.32. The zero-order valence-electron chi connectivity index (χ0n) is 20.1. The van der Waals surface area contributed by atoms with Crippen molar-refractivity contribution in [2.75, 3.05) is 11.9 Å². The summed E-state index contributed by atoms with van der Waals surface area (Å²) >= 11 is 6.41. The molecular formula is C27H27ClN4O4. The van der Waals surface area contributed by atoms with Gasteiger partial charge in [0.1, 0.15) is 11.6 Å². The number of halogens is 1. The van der Waals surface area contributed by atoms with E-state index in [-0.39, 0.29) is 12.5 Å². The summed E-state index contributed by atoms with van der Waals surface area (Å²) in [5, 5.41) is 12.3. The lowest BCUT2D eigenvalue weighted by Gasteiger charge is -2.29. The van der Waals surface area contributed by atoms with Crippen LogP contribution in [0.25, 0.3) is 22.4 Å². The number of anilines is 1. The molecule has 0 aliphatic heterocycles. The van der Waals surface area contributed by atoms with Gasteiger partial charge in [-0.3, -0.25) is 14.8 Å². The number of aromatic nitrogens is 2. The SMILES string of the molecule is CC(C(=O)NO)C(C)(C)COc1ccc(C(=O)Nc2ccc(Cl)c(-c3nc4ccccc4[nH]3)c2)cc1. The van der Waals surface area contributed by atoms with Gasteiger partial charge in [0.05, 0.1) is 22.7 Å². The molecular weight excluding hydrogens is 480 g/mol. The predicted octanol–water partition coefficient (Wildman–Crippen LogP) is 5.68. The van der Waals surface area contributed by atoms with E-state index in [1.54, 1.807) is 54.9 Å². The predicted molar refractivity (Wildman–Crippen MR) is 139 cm³/mol. The molecule has 1 atom stereocenters. The van der Waals surface area contributed by atoms with Crippen molar-refractivity contribution in [2.45, 2.75) is 20.8 Å². The van der Waals surface area contributed by atoms with Crippen LogP contribution in [0.5, 0.6) is 5.75 Å². The molecule has 0 radical (unpaired) electrons. The fourth-order valence-electron chi connectivity index (χ4n) is 3.62. The van der Waals surface area contributed by atoms with Gasteiger partial charge in [0.15, 0.2) is 0 Å². The Kier molecular flexibility index (Phi) is 7.28. The van der Waals surface area contributed by atoms with Gasteiger partial charge < -0.3 is 15.0 Å². The van der Waals surface area contributed by atoms with Crippen LogP contribution in [-0.4, -0.2) is 33.6 Å². The van der Waals surface area contributed by atoms with Crippen LogP contribution in [0.15, 0.2) is 66.7 Å². The first kappa shape index (κ1) is 25.2. The van der Waals surface area contributed by atoms with Gasteiger partial charge >= 0.3 is 0 Å².